The van der Waals surface area contributed by atoms with Crippen molar-refractivity contribution < 1.29 is 9.90 Å². The van der Waals surface area contributed by atoms with Crippen LogP contribution >= 0.6 is 0 Å². The monoisotopic (exact) mass is 245 g/mol. The van der Waals surface area contributed by atoms with Gasteiger partial charge in [0.2, 0.25) is 0 Å². The van der Waals surface area contributed by atoms with Crippen LogP contribution in [0.3, 0.4) is 0 Å². The van der Waals surface area contributed by atoms with Gasteiger partial charge in [0.05, 0.1) is 0 Å². The minimum atomic E-state index is -0.682. The molecule has 2 atom stereocenters. The third kappa shape index (κ3) is 18.0. The topological polar surface area (TPSA) is 49.3 Å². The van der Waals surface area contributed by atoms with Crippen molar-refractivity contribution in [3.8, 4) is 0 Å². The van der Waals surface area contributed by atoms with Crippen LogP contribution < -0.4 is 5.32 Å². The van der Waals surface area contributed by atoms with Crippen LogP contribution in [0.5, 0.6) is 0 Å². The number of rotatable bonds is 8. The molecule has 17 heavy (non-hydrogen) atoms. The molecule has 0 spiro atoms. The molecule has 0 bridgehead atoms. The van der Waals surface area contributed by atoms with E-state index in [0.717, 1.165) is 19.3 Å². The lowest BCUT2D eigenvalue weighted by Crippen LogP contribution is -2.33. The standard InChI is InChI=1S/C8H19N.C6H12O2/c1-5-7(3)9-8(4)6-2;1-2-3-4-5-6(7)8/h7-9H,5-6H2,1-4H3;2-5H2,1H3,(H,7,8). The number of hydrogen-bond acceptors (Lipinski definition) is 2. The fourth-order valence-electron chi connectivity index (χ4n) is 1.25. The Hall–Kier alpha value is -0.570. The second kappa shape index (κ2) is 13.5. The fraction of sp³-hybridized carbons (Fsp3) is 0.929. The van der Waals surface area contributed by atoms with E-state index < -0.39 is 5.97 Å². The Bertz CT molecular complexity index is 164. The maximum Gasteiger partial charge on any atom is 0.303 e. The van der Waals surface area contributed by atoms with Gasteiger partial charge in [-0.05, 0) is 33.1 Å². The van der Waals surface area contributed by atoms with E-state index in [0.29, 0.717) is 18.5 Å². The highest BCUT2D eigenvalue weighted by atomic mass is 16.4. The molecule has 0 fully saturated rings. The van der Waals surface area contributed by atoms with Crippen LogP contribution in [0.4, 0.5) is 0 Å². The van der Waals surface area contributed by atoms with Crippen molar-refractivity contribution in [1.29, 1.82) is 0 Å². The molecule has 104 valence electrons. The Morgan fingerprint density at radius 1 is 1.06 bits per heavy atom. The quantitative estimate of drug-likeness (QED) is 0.639. The first kappa shape index (κ1) is 18.8. The molecule has 0 aromatic heterocycles. The van der Waals surface area contributed by atoms with E-state index in [-0.39, 0.29) is 0 Å². The molecule has 3 heteroatoms. The second-order valence-electron chi connectivity index (χ2n) is 4.64. The zero-order valence-corrected chi connectivity index (χ0v) is 12.3. The minimum Gasteiger partial charge on any atom is -0.481 e. The zero-order valence-electron chi connectivity index (χ0n) is 12.3. The van der Waals surface area contributed by atoms with Crippen LogP contribution in [-0.4, -0.2) is 23.2 Å². The molecule has 0 aromatic rings. The van der Waals surface area contributed by atoms with Crippen LogP contribution in [0.15, 0.2) is 0 Å². The highest BCUT2D eigenvalue weighted by Crippen LogP contribution is 1.97. The maximum absolute atomic E-state index is 9.87. The van der Waals surface area contributed by atoms with E-state index in [9.17, 15) is 4.79 Å². The van der Waals surface area contributed by atoms with E-state index in [1.165, 1.54) is 12.8 Å². The summed E-state index contributed by atoms with van der Waals surface area (Å²) in [5.74, 6) is -0.682. The zero-order chi connectivity index (χ0) is 13.7. The molecular weight excluding hydrogens is 214 g/mol. The molecule has 2 unspecified atom stereocenters. The van der Waals surface area contributed by atoms with Gasteiger partial charge in [0, 0.05) is 18.5 Å². The van der Waals surface area contributed by atoms with Gasteiger partial charge in [-0.2, -0.15) is 0 Å². The first-order valence-electron chi connectivity index (χ1n) is 6.95. The van der Waals surface area contributed by atoms with Crippen molar-refractivity contribution in [3.05, 3.63) is 0 Å². The van der Waals surface area contributed by atoms with E-state index >= 15 is 0 Å². The summed E-state index contributed by atoms with van der Waals surface area (Å²) < 4.78 is 0. The van der Waals surface area contributed by atoms with Crippen molar-refractivity contribution in [1.82, 2.24) is 5.32 Å². The highest BCUT2D eigenvalue weighted by molar-refractivity contribution is 5.66. The Balaban J connectivity index is 0. The number of carboxylic acid groups (broad SMARTS) is 1. The van der Waals surface area contributed by atoms with Crippen molar-refractivity contribution >= 4 is 5.97 Å². The first-order valence-corrected chi connectivity index (χ1v) is 6.95. The van der Waals surface area contributed by atoms with Gasteiger partial charge in [-0.3, -0.25) is 4.79 Å². The summed E-state index contributed by atoms with van der Waals surface area (Å²) in [6.45, 7) is 10.9. The molecule has 0 saturated carbocycles. The van der Waals surface area contributed by atoms with E-state index in [2.05, 4.69) is 39.9 Å². The average Bonchev–Trinajstić information content (AvgIpc) is 2.29. The third-order valence-electron chi connectivity index (χ3n) is 2.79. The van der Waals surface area contributed by atoms with Crippen molar-refractivity contribution in [2.45, 2.75) is 85.2 Å². The number of nitrogens with one attached hydrogen (secondary N) is 1. The molecule has 0 saturated heterocycles. The summed E-state index contributed by atoms with van der Waals surface area (Å²) in [4.78, 5) is 9.87. The van der Waals surface area contributed by atoms with E-state index in [1.54, 1.807) is 0 Å². The molecule has 0 amide bonds. The summed E-state index contributed by atoms with van der Waals surface area (Å²) in [6, 6.07) is 1.36. The van der Waals surface area contributed by atoms with Crippen LogP contribution in [0, 0.1) is 0 Å². The van der Waals surface area contributed by atoms with Gasteiger partial charge in [-0.1, -0.05) is 33.6 Å². The molecular formula is C14H31NO2. The lowest BCUT2D eigenvalue weighted by Gasteiger charge is -2.16. The third-order valence-corrected chi connectivity index (χ3v) is 2.79. The van der Waals surface area contributed by atoms with Gasteiger partial charge < -0.3 is 10.4 Å². The molecule has 0 aromatic carbocycles. The summed E-state index contributed by atoms with van der Waals surface area (Å²) in [7, 11) is 0. The number of hydrogen-bond donors (Lipinski definition) is 2. The van der Waals surface area contributed by atoms with Gasteiger partial charge in [0.1, 0.15) is 0 Å². The summed E-state index contributed by atoms with van der Waals surface area (Å²) in [5, 5.41) is 11.6. The lowest BCUT2D eigenvalue weighted by molar-refractivity contribution is -0.137. The van der Waals surface area contributed by atoms with E-state index in [1.807, 2.05) is 0 Å². The predicted molar refractivity (Wildman–Crippen MR) is 74.4 cm³/mol. The van der Waals surface area contributed by atoms with Gasteiger partial charge >= 0.3 is 5.97 Å². The SMILES string of the molecule is CCC(C)NC(C)CC.CCCCCC(=O)O. The van der Waals surface area contributed by atoms with Gasteiger partial charge in [-0.25, -0.2) is 0 Å². The predicted octanol–water partition coefficient (Wildman–Crippen LogP) is 3.82. The van der Waals surface area contributed by atoms with Crippen molar-refractivity contribution in [3.63, 3.8) is 0 Å². The minimum absolute atomic E-state index is 0.327. The van der Waals surface area contributed by atoms with Crippen molar-refractivity contribution in [2.75, 3.05) is 0 Å². The molecule has 0 heterocycles. The Morgan fingerprint density at radius 3 is 1.82 bits per heavy atom. The Morgan fingerprint density at radius 2 is 1.53 bits per heavy atom. The van der Waals surface area contributed by atoms with Gasteiger partial charge in [0.15, 0.2) is 0 Å². The number of unbranched alkanes of at least 4 members (excludes halogenated alkanes) is 2. The van der Waals surface area contributed by atoms with Crippen LogP contribution in [-0.2, 0) is 4.79 Å². The summed E-state index contributed by atoms with van der Waals surface area (Å²) in [6.07, 6.45) is 5.73. The number of carbonyl (C=O) groups is 1. The highest BCUT2D eigenvalue weighted by Gasteiger charge is 2.01. The average molecular weight is 245 g/mol. The van der Waals surface area contributed by atoms with Crippen LogP contribution in [0.2, 0.25) is 0 Å². The van der Waals surface area contributed by atoms with E-state index in [4.69, 9.17) is 5.11 Å². The van der Waals surface area contributed by atoms with Gasteiger partial charge in [0.25, 0.3) is 0 Å². The van der Waals surface area contributed by atoms with Gasteiger partial charge in [-0.15, -0.1) is 0 Å². The largest absolute Gasteiger partial charge is 0.481 e. The normalized spacial score (nSPS) is 13.5. The van der Waals surface area contributed by atoms with Crippen molar-refractivity contribution in [2.24, 2.45) is 0 Å². The summed E-state index contributed by atoms with van der Waals surface area (Å²) in [5.41, 5.74) is 0. The van der Waals surface area contributed by atoms with Crippen LogP contribution in [0.1, 0.15) is 73.1 Å². The maximum atomic E-state index is 9.87. The Labute approximate surface area is 107 Å². The van der Waals surface area contributed by atoms with Crippen LogP contribution in [0.25, 0.3) is 0 Å². The first-order chi connectivity index (χ1) is 7.97. The number of aliphatic carboxylic acids is 1. The molecule has 3 nitrogen and oxygen atoms in total. The lowest BCUT2D eigenvalue weighted by atomic mass is 10.2. The number of carboxylic acids is 1. The molecule has 0 radical (unpaired) electrons. The molecule has 0 aliphatic carbocycles. The Kier molecular flexibility index (Phi) is 14.9. The second-order valence-corrected chi connectivity index (χ2v) is 4.64. The smallest absolute Gasteiger partial charge is 0.303 e. The molecule has 0 aliphatic heterocycles. The molecule has 0 aliphatic rings. The fourth-order valence-corrected chi connectivity index (χ4v) is 1.25. The molecule has 2 N–H and O–H groups in total. The summed E-state index contributed by atoms with van der Waals surface area (Å²) >= 11 is 0. The molecule has 0 rings (SSSR count).